The number of benzene rings is 1. The van der Waals surface area contributed by atoms with E-state index < -0.39 is 0 Å². The first-order chi connectivity index (χ1) is 8.11. The Bertz CT molecular complexity index is 417. The van der Waals surface area contributed by atoms with Crippen molar-refractivity contribution in [2.75, 3.05) is 31.6 Å². The van der Waals surface area contributed by atoms with Gasteiger partial charge in [0.1, 0.15) is 6.29 Å². The molecular formula is C14H20N2O. The second-order valence-electron chi connectivity index (χ2n) is 4.93. The maximum atomic E-state index is 10.8. The summed E-state index contributed by atoms with van der Waals surface area (Å²) in [5.74, 6) is 0. The van der Waals surface area contributed by atoms with Gasteiger partial charge in [0.2, 0.25) is 0 Å². The molecule has 17 heavy (non-hydrogen) atoms. The lowest BCUT2D eigenvalue weighted by Gasteiger charge is -2.39. The van der Waals surface area contributed by atoms with Crippen molar-refractivity contribution in [1.82, 2.24) is 4.90 Å². The van der Waals surface area contributed by atoms with Crippen molar-refractivity contribution in [3.8, 4) is 0 Å². The molecule has 0 aliphatic carbocycles. The highest BCUT2D eigenvalue weighted by Gasteiger charge is 2.20. The summed E-state index contributed by atoms with van der Waals surface area (Å²) in [7, 11) is 2.17. The summed E-state index contributed by atoms with van der Waals surface area (Å²) in [5, 5.41) is 0. The predicted octanol–water partition coefficient (Wildman–Crippen LogP) is 1.95. The highest BCUT2D eigenvalue weighted by atomic mass is 16.1. The molecule has 1 unspecified atom stereocenters. The summed E-state index contributed by atoms with van der Waals surface area (Å²) in [4.78, 5) is 15.6. The number of anilines is 1. The second kappa shape index (κ2) is 4.88. The number of carbonyl (C=O) groups is 1. The average Bonchev–Trinajstić information content (AvgIpc) is 2.32. The molecule has 1 saturated heterocycles. The van der Waals surface area contributed by atoms with Crippen LogP contribution in [0.3, 0.4) is 0 Å². The first-order valence-electron chi connectivity index (χ1n) is 6.13. The summed E-state index contributed by atoms with van der Waals surface area (Å²) >= 11 is 0. The Labute approximate surface area is 103 Å². The molecule has 1 aromatic rings. The second-order valence-corrected chi connectivity index (χ2v) is 4.93. The van der Waals surface area contributed by atoms with Crippen LogP contribution < -0.4 is 4.90 Å². The lowest BCUT2D eigenvalue weighted by molar-refractivity contribution is 0.112. The van der Waals surface area contributed by atoms with E-state index in [1.54, 1.807) is 0 Å². The van der Waals surface area contributed by atoms with E-state index >= 15 is 0 Å². The molecule has 0 aromatic heterocycles. The number of aldehydes is 1. The van der Waals surface area contributed by atoms with Gasteiger partial charge in [0.25, 0.3) is 0 Å². The van der Waals surface area contributed by atoms with Gasteiger partial charge in [-0.25, -0.2) is 0 Å². The molecule has 1 fully saturated rings. The number of rotatable bonds is 2. The molecule has 3 nitrogen and oxygen atoms in total. The fourth-order valence-corrected chi connectivity index (χ4v) is 2.27. The first-order valence-corrected chi connectivity index (χ1v) is 6.13. The van der Waals surface area contributed by atoms with E-state index in [4.69, 9.17) is 0 Å². The van der Waals surface area contributed by atoms with Gasteiger partial charge in [-0.1, -0.05) is 0 Å². The monoisotopic (exact) mass is 232 g/mol. The fourth-order valence-electron chi connectivity index (χ4n) is 2.27. The molecular weight excluding hydrogens is 212 g/mol. The highest BCUT2D eigenvalue weighted by Crippen LogP contribution is 2.21. The summed E-state index contributed by atoms with van der Waals surface area (Å²) in [6, 6.07) is 6.66. The normalized spacial score (nSPS) is 21.6. The van der Waals surface area contributed by atoms with Gasteiger partial charge in [-0.15, -0.1) is 0 Å². The van der Waals surface area contributed by atoms with Crippen molar-refractivity contribution >= 4 is 12.0 Å². The summed E-state index contributed by atoms with van der Waals surface area (Å²) in [6.07, 6.45) is 0.922. The van der Waals surface area contributed by atoms with E-state index in [2.05, 4.69) is 35.9 Å². The van der Waals surface area contributed by atoms with Crippen molar-refractivity contribution in [2.24, 2.45) is 0 Å². The topological polar surface area (TPSA) is 23.6 Å². The number of hydrogen-bond acceptors (Lipinski definition) is 3. The van der Waals surface area contributed by atoms with Gasteiger partial charge in [0, 0.05) is 36.9 Å². The van der Waals surface area contributed by atoms with Crippen molar-refractivity contribution in [1.29, 1.82) is 0 Å². The molecule has 2 rings (SSSR count). The van der Waals surface area contributed by atoms with E-state index in [-0.39, 0.29) is 0 Å². The van der Waals surface area contributed by atoms with Gasteiger partial charge < -0.3 is 9.80 Å². The zero-order chi connectivity index (χ0) is 12.4. The molecule has 1 aromatic carbocycles. The van der Waals surface area contributed by atoms with Gasteiger partial charge in [-0.3, -0.25) is 4.79 Å². The number of likely N-dealkylation sites (N-methyl/N-ethyl adjacent to an activating group) is 1. The van der Waals surface area contributed by atoms with Gasteiger partial charge in [0.15, 0.2) is 0 Å². The van der Waals surface area contributed by atoms with E-state index in [0.29, 0.717) is 6.04 Å². The fraction of sp³-hybridized carbons (Fsp3) is 0.500. The van der Waals surface area contributed by atoms with Crippen molar-refractivity contribution in [3.63, 3.8) is 0 Å². The lowest BCUT2D eigenvalue weighted by atomic mass is 10.1. The number of piperazine rings is 1. The largest absolute Gasteiger partial charge is 0.369 e. The molecule has 0 bridgehead atoms. The maximum absolute atomic E-state index is 10.8. The first kappa shape index (κ1) is 12.1. The minimum atomic E-state index is 0.579. The van der Waals surface area contributed by atoms with Crippen LogP contribution in [-0.4, -0.2) is 43.9 Å². The van der Waals surface area contributed by atoms with Crippen LogP contribution in [0.15, 0.2) is 18.2 Å². The third kappa shape index (κ3) is 2.50. The van der Waals surface area contributed by atoms with Crippen LogP contribution in [0.1, 0.15) is 22.8 Å². The van der Waals surface area contributed by atoms with Crippen LogP contribution in [0, 0.1) is 6.92 Å². The van der Waals surface area contributed by atoms with Gasteiger partial charge in [-0.2, -0.15) is 0 Å². The molecule has 0 radical (unpaired) electrons. The molecule has 3 heteroatoms. The van der Waals surface area contributed by atoms with E-state index in [1.807, 2.05) is 13.0 Å². The lowest BCUT2D eigenvalue weighted by Crippen LogP contribution is -2.50. The molecule has 0 amide bonds. The van der Waals surface area contributed by atoms with Gasteiger partial charge in [0.05, 0.1) is 0 Å². The smallest absolute Gasteiger partial charge is 0.150 e. The van der Waals surface area contributed by atoms with Gasteiger partial charge in [-0.05, 0) is 44.7 Å². The van der Waals surface area contributed by atoms with E-state index in [0.717, 1.165) is 37.0 Å². The molecule has 0 spiro atoms. The molecule has 1 aliphatic rings. The van der Waals surface area contributed by atoms with Crippen molar-refractivity contribution in [3.05, 3.63) is 29.3 Å². The Morgan fingerprint density at radius 3 is 2.71 bits per heavy atom. The van der Waals surface area contributed by atoms with Crippen LogP contribution in [0.4, 0.5) is 5.69 Å². The van der Waals surface area contributed by atoms with Crippen LogP contribution in [0.5, 0.6) is 0 Å². The van der Waals surface area contributed by atoms with Crippen molar-refractivity contribution < 1.29 is 4.79 Å². The minimum absolute atomic E-state index is 0.579. The molecule has 1 aliphatic heterocycles. The number of nitrogens with zero attached hydrogens (tertiary/aromatic N) is 2. The average molecular weight is 232 g/mol. The Morgan fingerprint density at radius 2 is 2.12 bits per heavy atom. The van der Waals surface area contributed by atoms with E-state index in [9.17, 15) is 4.79 Å². The Morgan fingerprint density at radius 1 is 1.35 bits per heavy atom. The molecule has 0 N–H and O–H groups in total. The van der Waals surface area contributed by atoms with Crippen LogP contribution >= 0.6 is 0 Å². The van der Waals surface area contributed by atoms with Gasteiger partial charge >= 0.3 is 0 Å². The molecule has 1 heterocycles. The van der Waals surface area contributed by atoms with Crippen LogP contribution in [0.2, 0.25) is 0 Å². The molecule has 1 atom stereocenters. The molecule has 0 saturated carbocycles. The minimum Gasteiger partial charge on any atom is -0.369 e. The molecule has 92 valence electrons. The number of carbonyl (C=O) groups excluding carboxylic acids is 1. The van der Waals surface area contributed by atoms with Crippen LogP contribution in [0.25, 0.3) is 0 Å². The maximum Gasteiger partial charge on any atom is 0.150 e. The summed E-state index contributed by atoms with van der Waals surface area (Å²) in [5.41, 5.74) is 3.08. The van der Waals surface area contributed by atoms with Crippen LogP contribution in [-0.2, 0) is 0 Å². The highest BCUT2D eigenvalue weighted by molar-refractivity contribution is 5.78. The zero-order valence-corrected chi connectivity index (χ0v) is 10.8. The quantitative estimate of drug-likeness (QED) is 0.728. The number of aryl methyl sites for hydroxylation is 1. The summed E-state index contributed by atoms with van der Waals surface area (Å²) in [6.45, 7) is 7.44. The summed E-state index contributed by atoms with van der Waals surface area (Å²) < 4.78 is 0. The predicted molar refractivity (Wildman–Crippen MR) is 70.9 cm³/mol. The van der Waals surface area contributed by atoms with Crippen molar-refractivity contribution in [2.45, 2.75) is 19.9 Å². The Balaban J connectivity index is 2.18. The number of hydrogen-bond donors (Lipinski definition) is 0. The zero-order valence-electron chi connectivity index (χ0n) is 10.8. The third-order valence-electron chi connectivity index (χ3n) is 3.71. The Hall–Kier alpha value is -1.35. The third-order valence-corrected chi connectivity index (χ3v) is 3.71. The van der Waals surface area contributed by atoms with E-state index in [1.165, 1.54) is 5.69 Å². The standard InChI is InChI=1S/C14H20N2O/c1-11-8-14(5-4-13(11)10-17)16-7-6-15(3)12(2)9-16/h4-5,8,10,12H,6-7,9H2,1-3H3. The SMILES string of the molecule is Cc1cc(N2CCN(C)C(C)C2)ccc1C=O. The Kier molecular flexibility index (Phi) is 3.48.